The molecule has 2 nitrogen and oxygen atoms in total. The summed E-state index contributed by atoms with van der Waals surface area (Å²) in [4.78, 5) is 3.94. The van der Waals surface area contributed by atoms with Crippen LogP contribution in [0.15, 0.2) is 11.6 Å². The van der Waals surface area contributed by atoms with Crippen LogP contribution in [0.2, 0.25) is 0 Å². The second-order valence-electron chi connectivity index (χ2n) is 3.37. The summed E-state index contributed by atoms with van der Waals surface area (Å²) in [6, 6.07) is 0. The van der Waals surface area contributed by atoms with Gasteiger partial charge in [0.25, 0.3) is 0 Å². The second-order valence-corrected chi connectivity index (χ2v) is 3.37. The number of rotatable bonds is 5. The van der Waals surface area contributed by atoms with E-state index in [4.69, 9.17) is 0 Å². The van der Waals surface area contributed by atoms with E-state index in [1.54, 1.807) is 0 Å². The molecule has 0 atom stereocenters. The smallest absolute Gasteiger partial charge is 0.0800 e. The average molecular weight is 191 g/mol. The molecular formula is C9H19ClN2. The van der Waals surface area contributed by atoms with Gasteiger partial charge in [0.2, 0.25) is 0 Å². The Labute approximate surface area is 82.0 Å². The monoisotopic (exact) mass is 190 g/mol. The van der Waals surface area contributed by atoms with Crippen LogP contribution in [0.4, 0.5) is 0 Å². The standard InChI is InChI=1S/C9H19N2.ClH/c1-5-10-8-7-9-11(3,4)6-2;/h1,6-9H2,2-4H3;1H/q+1;/p-1. The van der Waals surface area contributed by atoms with Gasteiger partial charge in [0.15, 0.2) is 0 Å². The fraction of sp³-hybridized carbons (Fsp3) is 0.778. The number of nitrogens with zero attached hydrogens (tertiary/aromatic N) is 2. The Morgan fingerprint density at radius 2 is 2.00 bits per heavy atom. The summed E-state index contributed by atoms with van der Waals surface area (Å²) < 4.78 is 1.08. The third kappa shape index (κ3) is 7.80. The Balaban J connectivity index is 0. The number of halogens is 1. The summed E-state index contributed by atoms with van der Waals surface area (Å²) in [7, 11) is 4.47. The Morgan fingerprint density at radius 1 is 1.42 bits per heavy atom. The third-order valence-electron chi connectivity index (χ3n) is 2.00. The van der Waals surface area contributed by atoms with Crippen LogP contribution >= 0.6 is 0 Å². The highest BCUT2D eigenvalue weighted by Crippen LogP contribution is 1.97. The minimum atomic E-state index is 0. The highest BCUT2D eigenvalue weighted by Gasteiger charge is 2.09. The molecule has 12 heavy (non-hydrogen) atoms. The predicted octanol–water partition coefficient (Wildman–Crippen LogP) is -1.67. The molecule has 0 unspecified atom stereocenters. The summed E-state index contributed by atoms with van der Waals surface area (Å²) in [5.41, 5.74) is 0. The first-order valence-electron chi connectivity index (χ1n) is 4.13. The molecular weight excluding hydrogens is 172 g/mol. The molecule has 0 fully saturated rings. The van der Waals surface area contributed by atoms with Gasteiger partial charge in [-0.3, -0.25) is 0 Å². The lowest BCUT2D eigenvalue weighted by atomic mass is 10.3. The van der Waals surface area contributed by atoms with Gasteiger partial charge < -0.3 is 16.9 Å². The van der Waals surface area contributed by atoms with Gasteiger partial charge in [-0.25, -0.2) is 4.99 Å². The second kappa shape index (κ2) is 7.35. The summed E-state index contributed by atoms with van der Waals surface area (Å²) in [5, 5.41) is 0. The van der Waals surface area contributed by atoms with E-state index in [-0.39, 0.29) is 12.4 Å². The van der Waals surface area contributed by atoms with Crippen molar-refractivity contribution >= 4 is 5.87 Å². The molecule has 72 valence electrons. The van der Waals surface area contributed by atoms with Gasteiger partial charge in [-0.2, -0.15) is 0 Å². The van der Waals surface area contributed by atoms with Crippen LogP contribution in [0.5, 0.6) is 0 Å². The van der Waals surface area contributed by atoms with Crippen LogP contribution in [-0.2, 0) is 0 Å². The Morgan fingerprint density at radius 3 is 2.42 bits per heavy atom. The van der Waals surface area contributed by atoms with E-state index in [1.165, 1.54) is 13.1 Å². The number of quaternary nitrogens is 1. The maximum absolute atomic E-state index is 3.94. The first-order valence-corrected chi connectivity index (χ1v) is 4.13. The zero-order valence-electron chi connectivity index (χ0n) is 8.31. The van der Waals surface area contributed by atoms with Crippen LogP contribution in [0.25, 0.3) is 0 Å². The highest BCUT2D eigenvalue weighted by atomic mass is 35.5. The van der Waals surface area contributed by atoms with Crippen LogP contribution in [-0.4, -0.2) is 44.1 Å². The van der Waals surface area contributed by atoms with E-state index < -0.39 is 0 Å². The molecule has 0 radical (unpaired) electrons. The first kappa shape index (κ1) is 14.2. The predicted molar refractivity (Wildman–Crippen MR) is 50.1 cm³/mol. The van der Waals surface area contributed by atoms with Gasteiger partial charge in [-0.15, -0.1) is 0 Å². The molecule has 0 aromatic carbocycles. The van der Waals surface area contributed by atoms with Crippen LogP contribution in [0.1, 0.15) is 13.3 Å². The zero-order chi connectivity index (χ0) is 8.74. The van der Waals surface area contributed by atoms with Gasteiger partial charge in [0, 0.05) is 6.42 Å². The summed E-state index contributed by atoms with van der Waals surface area (Å²) in [5.74, 6) is 2.54. The summed E-state index contributed by atoms with van der Waals surface area (Å²) >= 11 is 0. The van der Waals surface area contributed by atoms with Crippen molar-refractivity contribution in [1.82, 2.24) is 0 Å². The molecule has 0 aliphatic carbocycles. The van der Waals surface area contributed by atoms with Gasteiger partial charge >= 0.3 is 0 Å². The van der Waals surface area contributed by atoms with Crippen molar-refractivity contribution in [3.63, 3.8) is 0 Å². The Bertz CT molecular complexity index is 149. The van der Waals surface area contributed by atoms with Crippen molar-refractivity contribution in [2.45, 2.75) is 13.3 Å². The Kier molecular flexibility index (Phi) is 8.73. The lowest BCUT2D eigenvalue weighted by Gasteiger charge is -2.27. The fourth-order valence-corrected chi connectivity index (χ4v) is 0.815. The first-order chi connectivity index (χ1) is 5.12. The van der Waals surface area contributed by atoms with Gasteiger partial charge in [-0.05, 0) is 19.4 Å². The van der Waals surface area contributed by atoms with Gasteiger partial charge in [0.1, 0.15) is 0 Å². The van der Waals surface area contributed by atoms with Crippen molar-refractivity contribution in [1.29, 1.82) is 0 Å². The molecule has 0 spiro atoms. The quantitative estimate of drug-likeness (QED) is 0.280. The molecule has 0 rings (SSSR count). The maximum atomic E-state index is 3.94. The normalized spacial score (nSPS) is 9.92. The lowest BCUT2D eigenvalue weighted by molar-refractivity contribution is -0.888. The minimum absolute atomic E-state index is 0. The maximum Gasteiger partial charge on any atom is 0.0800 e. The molecule has 0 heterocycles. The molecule has 0 saturated heterocycles. The third-order valence-corrected chi connectivity index (χ3v) is 2.00. The molecule has 0 aromatic rings. The number of hydrogen-bond acceptors (Lipinski definition) is 1. The van der Waals surface area contributed by atoms with Crippen molar-refractivity contribution in [3.05, 3.63) is 6.58 Å². The van der Waals surface area contributed by atoms with E-state index in [1.807, 2.05) is 0 Å². The molecule has 0 aliphatic heterocycles. The zero-order valence-corrected chi connectivity index (χ0v) is 9.06. The van der Waals surface area contributed by atoms with E-state index in [0.717, 1.165) is 17.4 Å². The average Bonchev–Trinajstić information content (AvgIpc) is 1.99. The lowest BCUT2D eigenvalue weighted by Crippen LogP contribution is -3.00. The van der Waals surface area contributed by atoms with E-state index in [2.05, 4.69) is 38.5 Å². The Hall–Kier alpha value is -0.300. The van der Waals surface area contributed by atoms with Crippen LogP contribution in [0, 0.1) is 0 Å². The van der Waals surface area contributed by atoms with Crippen molar-refractivity contribution < 1.29 is 16.9 Å². The fourth-order valence-electron chi connectivity index (χ4n) is 0.815. The van der Waals surface area contributed by atoms with E-state index in [9.17, 15) is 0 Å². The summed E-state index contributed by atoms with van der Waals surface area (Å²) in [6.07, 6.45) is 1.13. The number of aliphatic imine (C=N–C) groups is 1. The number of hydrogen-bond donors (Lipinski definition) is 0. The van der Waals surface area contributed by atoms with Crippen molar-refractivity contribution in [3.8, 4) is 0 Å². The van der Waals surface area contributed by atoms with Crippen LogP contribution in [0.3, 0.4) is 0 Å². The van der Waals surface area contributed by atoms with Crippen LogP contribution < -0.4 is 12.4 Å². The van der Waals surface area contributed by atoms with E-state index in [0.29, 0.717) is 0 Å². The van der Waals surface area contributed by atoms with Gasteiger partial charge in [0.05, 0.1) is 33.7 Å². The SMILES string of the molecule is C=C=NCCC[N+](C)(C)CC.[Cl-]. The highest BCUT2D eigenvalue weighted by molar-refractivity contribution is 5.46. The molecule has 3 heteroatoms. The topological polar surface area (TPSA) is 12.4 Å². The molecule has 0 N–H and O–H groups in total. The molecule has 0 bridgehead atoms. The molecule has 0 aromatic heterocycles. The molecule has 0 aliphatic rings. The summed E-state index contributed by atoms with van der Waals surface area (Å²) in [6.45, 7) is 8.85. The van der Waals surface area contributed by atoms with Crippen molar-refractivity contribution in [2.75, 3.05) is 33.7 Å². The van der Waals surface area contributed by atoms with Gasteiger partial charge in [-0.1, -0.05) is 0 Å². The minimum Gasteiger partial charge on any atom is -1.00 e. The van der Waals surface area contributed by atoms with E-state index >= 15 is 0 Å². The molecule has 0 amide bonds. The molecule has 0 saturated carbocycles. The largest absolute Gasteiger partial charge is 1.00 e. The van der Waals surface area contributed by atoms with Crippen molar-refractivity contribution in [2.24, 2.45) is 4.99 Å².